The fraction of sp³-hybridized carbons (Fsp3) is 0.375. The van der Waals surface area contributed by atoms with E-state index in [0.717, 1.165) is 11.4 Å². The van der Waals surface area contributed by atoms with Gasteiger partial charge in [0.2, 0.25) is 5.91 Å². The fourth-order valence-electron chi connectivity index (χ4n) is 2.06. The van der Waals surface area contributed by atoms with E-state index in [1.807, 2.05) is 42.0 Å². The number of imidazole rings is 1. The molecule has 5 nitrogen and oxygen atoms in total. The van der Waals surface area contributed by atoms with E-state index >= 15 is 0 Å². The van der Waals surface area contributed by atoms with Gasteiger partial charge in [-0.2, -0.15) is 0 Å². The molecule has 0 spiro atoms. The number of rotatable bonds is 5. The topological polar surface area (TPSA) is 72.9 Å². The Labute approximate surface area is 125 Å². The van der Waals surface area contributed by atoms with Crippen LogP contribution in [-0.2, 0) is 4.79 Å². The third-order valence-electron chi connectivity index (χ3n) is 3.32. The number of nitrogens with one attached hydrogen (secondary N) is 1. The Morgan fingerprint density at radius 1 is 1.29 bits per heavy atom. The van der Waals surface area contributed by atoms with Gasteiger partial charge in [-0.3, -0.25) is 4.79 Å². The molecule has 3 N–H and O–H groups in total. The van der Waals surface area contributed by atoms with Gasteiger partial charge in [0.15, 0.2) is 0 Å². The van der Waals surface area contributed by atoms with Crippen LogP contribution in [0.4, 0.5) is 5.69 Å². The normalized spacial score (nSPS) is 12.4. The molecule has 1 aromatic heterocycles. The Balaban J connectivity index is 2.19. The molecule has 1 atom stereocenters. The van der Waals surface area contributed by atoms with Crippen LogP contribution in [0.25, 0.3) is 11.4 Å². The van der Waals surface area contributed by atoms with E-state index in [2.05, 4.69) is 24.1 Å². The minimum atomic E-state index is -0.307. The molecule has 1 heterocycles. The number of nitrogens with two attached hydrogens (primary N) is 1. The number of amides is 1. The fourth-order valence-corrected chi connectivity index (χ4v) is 2.06. The van der Waals surface area contributed by atoms with Crippen molar-refractivity contribution < 1.29 is 4.79 Å². The van der Waals surface area contributed by atoms with E-state index in [0.29, 0.717) is 18.2 Å². The van der Waals surface area contributed by atoms with Gasteiger partial charge in [-0.15, -0.1) is 0 Å². The smallest absolute Gasteiger partial charge is 0.242 e. The number of nitrogen functional groups attached to an aromatic ring is 1. The van der Waals surface area contributed by atoms with Crippen LogP contribution >= 0.6 is 0 Å². The minimum Gasteiger partial charge on any atom is -0.399 e. The predicted octanol–water partition coefficient (Wildman–Crippen LogP) is 2.47. The maximum atomic E-state index is 12.2. The Hall–Kier alpha value is -2.30. The average Bonchev–Trinajstić information content (AvgIpc) is 2.94. The van der Waals surface area contributed by atoms with Crippen LogP contribution < -0.4 is 11.1 Å². The molecule has 0 aliphatic rings. The second-order valence-corrected chi connectivity index (χ2v) is 5.60. The number of carbonyl (C=O) groups is 1. The highest BCUT2D eigenvalue weighted by Crippen LogP contribution is 2.22. The average molecular weight is 286 g/mol. The van der Waals surface area contributed by atoms with Gasteiger partial charge >= 0.3 is 0 Å². The largest absolute Gasteiger partial charge is 0.399 e. The minimum absolute atomic E-state index is 0.00149. The molecule has 0 aliphatic carbocycles. The van der Waals surface area contributed by atoms with Crippen LogP contribution in [0.3, 0.4) is 0 Å². The van der Waals surface area contributed by atoms with E-state index in [4.69, 9.17) is 5.73 Å². The van der Waals surface area contributed by atoms with Gasteiger partial charge in [0, 0.05) is 30.2 Å². The quantitative estimate of drug-likeness (QED) is 0.829. The van der Waals surface area contributed by atoms with Crippen LogP contribution in [0.15, 0.2) is 36.7 Å². The van der Waals surface area contributed by atoms with Crippen LogP contribution in [0, 0.1) is 5.92 Å². The Kier molecular flexibility index (Phi) is 4.62. The first-order chi connectivity index (χ1) is 9.99. The van der Waals surface area contributed by atoms with Crippen LogP contribution in [-0.4, -0.2) is 22.0 Å². The van der Waals surface area contributed by atoms with Gasteiger partial charge < -0.3 is 15.6 Å². The van der Waals surface area contributed by atoms with Crippen molar-refractivity contribution in [2.24, 2.45) is 5.92 Å². The lowest BCUT2D eigenvalue weighted by Crippen LogP contribution is -2.33. The zero-order valence-electron chi connectivity index (χ0n) is 12.7. The van der Waals surface area contributed by atoms with Crippen molar-refractivity contribution in [1.29, 1.82) is 0 Å². The summed E-state index contributed by atoms with van der Waals surface area (Å²) in [5, 5.41) is 2.95. The van der Waals surface area contributed by atoms with Gasteiger partial charge in [-0.25, -0.2) is 4.98 Å². The van der Waals surface area contributed by atoms with E-state index < -0.39 is 0 Å². The van der Waals surface area contributed by atoms with Crippen molar-refractivity contribution in [1.82, 2.24) is 14.9 Å². The van der Waals surface area contributed by atoms with Crippen LogP contribution in [0.2, 0.25) is 0 Å². The Morgan fingerprint density at radius 2 is 1.95 bits per heavy atom. The third-order valence-corrected chi connectivity index (χ3v) is 3.32. The summed E-state index contributed by atoms with van der Waals surface area (Å²) in [4.78, 5) is 16.6. The summed E-state index contributed by atoms with van der Waals surface area (Å²) in [6.07, 6.45) is 3.53. The monoisotopic (exact) mass is 286 g/mol. The van der Waals surface area contributed by atoms with Gasteiger partial charge in [0.05, 0.1) is 0 Å². The molecule has 2 aromatic rings. The SMILES string of the molecule is CC(C)CNC(=O)C(C)n1ccnc1-c1ccc(N)cc1. The summed E-state index contributed by atoms with van der Waals surface area (Å²) >= 11 is 0. The molecule has 0 fully saturated rings. The van der Waals surface area contributed by atoms with E-state index in [9.17, 15) is 4.79 Å². The highest BCUT2D eigenvalue weighted by atomic mass is 16.2. The molecular formula is C16H22N4O. The first kappa shape index (κ1) is 15.1. The summed E-state index contributed by atoms with van der Waals surface area (Å²) in [7, 11) is 0. The van der Waals surface area contributed by atoms with Crippen LogP contribution in [0.5, 0.6) is 0 Å². The maximum Gasteiger partial charge on any atom is 0.242 e. The molecule has 0 saturated carbocycles. The number of carbonyl (C=O) groups excluding carboxylic acids is 1. The predicted molar refractivity (Wildman–Crippen MR) is 84.6 cm³/mol. The van der Waals surface area contributed by atoms with E-state index in [-0.39, 0.29) is 11.9 Å². The third kappa shape index (κ3) is 3.62. The van der Waals surface area contributed by atoms with E-state index in [1.165, 1.54) is 0 Å². The number of anilines is 1. The molecule has 5 heteroatoms. The number of hydrogen-bond acceptors (Lipinski definition) is 3. The lowest BCUT2D eigenvalue weighted by atomic mass is 10.1. The molecule has 21 heavy (non-hydrogen) atoms. The zero-order chi connectivity index (χ0) is 15.4. The van der Waals surface area contributed by atoms with Crippen molar-refractivity contribution in [3.63, 3.8) is 0 Å². The molecule has 0 bridgehead atoms. The first-order valence-corrected chi connectivity index (χ1v) is 7.15. The van der Waals surface area contributed by atoms with Crippen molar-refractivity contribution >= 4 is 11.6 Å². The van der Waals surface area contributed by atoms with Crippen molar-refractivity contribution in [2.45, 2.75) is 26.8 Å². The zero-order valence-corrected chi connectivity index (χ0v) is 12.7. The maximum absolute atomic E-state index is 12.2. The molecule has 2 rings (SSSR count). The molecular weight excluding hydrogens is 264 g/mol. The lowest BCUT2D eigenvalue weighted by Gasteiger charge is -2.17. The van der Waals surface area contributed by atoms with Gasteiger partial charge in [0.1, 0.15) is 11.9 Å². The number of benzene rings is 1. The number of nitrogens with zero attached hydrogens (tertiary/aromatic N) is 2. The van der Waals surface area contributed by atoms with Gasteiger partial charge in [-0.1, -0.05) is 13.8 Å². The Bertz CT molecular complexity index is 601. The summed E-state index contributed by atoms with van der Waals surface area (Å²) in [5.41, 5.74) is 7.35. The van der Waals surface area contributed by atoms with Crippen molar-refractivity contribution in [3.05, 3.63) is 36.7 Å². The molecule has 0 saturated heterocycles. The second kappa shape index (κ2) is 6.43. The molecule has 1 aromatic carbocycles. The standard InChI is InChI=1S/C16H22N4O/c1-11(2)10-19-16(21)12(3)20-9-8-18-15(20)13-4-6-14(17)7-5-13/h4-9,11-12H,10,17H2,1-3H3,(H,19,21). The number of aromatic nitrogens is 2. The van der Waals surface area contributed by atoms with Crippen LogP contribution in [0.1, 0.15) is 26.8 Å². The number of hydrogen-bond donors (Lipinski definition) is 2. The summed E-state index contributed by atoms with van der Waals surface area (Å²) in [6.45, 7) is 6.69. The first-order valence-electron chi connectivity index (χ1n) is 7.15. The van der Waals surface area contributed by atoms with Crippen molar-refractivity contribution in [3.8, 4) is 11.4 Å². The molecule has 0 radical (unpaired) electrons. The summed E-state index contributed by atoms with van der Waals surface area (Å²) in [6, 6.07) is 7.18. The Morgan fingerprint density at radius 3 is 2.57 bits per heavy atom. The summed E-state index contributed by atoms with van der Waals surface area (Å²) < 4.78 is 1.88. The highest BCUT2D eigenvalue weighted by Gasteiger charge is 2.18. The molecule has 1 amide bonds. The molecule has 0 aliphatic heterocycles. The lowest BCUT2D eigenvalue weighted by molar-refractivity contribution is -0.124. The molecule has 1 unspecified atom stereocenters. The summed E-state index contributed by atoms with van der Waals surface area (Å²) in [5.74, 6) is 1.20. The second-order valence-electron chi connectivity index (χ2n) is 5.60. The van der Waals surface area contributed by atoms with Gasteiger partial charge in [-0.05, 0) is 37.1 Å². The molecule has 112 valence electrons. The highest BCUT2D eigenvalue weighted by molar-refractivity contribution is 5.80. The van der Waals surface area contributed by atoms with Crippen molar-refractivity contribution in [2.75, 3.05) is 12.3 Å². The van der Waals surface area contributed by atoms with E-state index in [1.54, 1.807) is 6.20 Å². The van der Waals surface area contributed by atoms with Gasteiger partial charge in [0.25, 0.3) is 0 Å².